The number of aromatic nitrogens is 4. The summed E-state index contributed by atoms with van der Waals surface area (Å²) >= 11 is 5.99. The molecule has 0 saturated carbocycles. The summed E-state index contributed by atoms with van der Waals surface area (Å²) in [6.45, 7) is 1.57. The summed E-state index contributed by atoms with van der Waals surface area (Å²) in [7, 11) is 1.89. The fraction of sp³-hybridized carbons (Fsp3) is 0.130. The van der Waals surface area contributed by atoms with E-state index in [2.05, 4.69) is 20.4 Å². The third kappa shape index (κ3) is 4.37. The van der Waals surface area contributed by atoms with E-state index in [0.29, 0.717) is 27.3 Å². The van der Waals surface area contributed by atoms with E-state index in [9.17, 15) is 4.39 Å². The number of pyridine rings is 2. The number of nitrogens with two attached hydrogens (primary N) is 1. The minimum absolute atomic E-state index is 0.0527. The van der Waals surface area contributed by atoms with Crippen LogP contribution in [0.3, 0.4) is 0 Å². The molecule has 0 spiro atoms. The highest BCUT2D eigenvalue weighted by Gasteiger charge is 2.17. The molecule has 0 aliphatic rings. The van der Waals surface area contributed by atoms with Gasteiger partial charge in [0.15, 0.2) is 0 Å². The van der Waals surface area contributed by atoms with Crippen molar-refractivity contribution in [1.82, 2.24) is 25.1 Å². The summed E-state index contributed by atoms with van der Waals surface area (Å²) in [5, 5.41) is 16.3. The van der Waals surface area contributed by atoms with E-state index in [1.807, 2.05) is 24.0 Å². The Balaban J connectivity index is 1.69. The van der Waals surface area contributed by atoms with Crippen molar-refractivity contribution in [2.75, 3.05) is 13.6 Å². The molecular weight excluding hydrogens is 429 g/mol. The van der Waals surface area contributed by atoms with Crippen molar-refractivity contribution >= 4 is 33.9 Å². The maximum atomic E-state index is 14.3. The van der Waals surface area contributed by atoms with Crippen molar-refractivity contribution in [3.8, 4) is 11.1 Å². The predicted molar refractivity (Wildman–Crippen MR) is 125 cm³/mol. The number of fused-ring (bicyclic) bond motifs is 1. The second kappa shape index (κ2) is 9.25. The van der Waals surface area contributed by atoms with Gasteiger partial charge in [0.2, 0.25) is 0 Å². The maximum absolute atomic E-state index is 14.3. The van der Waals surface area contributed by atoms with Crippen LogP contribution >= 0.6 is 11.6 Å². The molecular formula is C23H21ClFN7. The second-order valence-corrected chi connectivity index (χ2v) is 7.57. The lowest BCUT2D eigenvalue weighted by molar-refractivity contribution is 0.585. The Bertz CT molecular complexity index is 1330. The molecule has 0 amide bonds. The number of hydrogen-bond donors (Lipinski definition) is 3. The van der Waals surface area contributed by atoms with E-state index < -0.39 is 5.82 Å². The number of likely N-dealkylation sites (N-methyl/N-ethyl adjacent to an activating group) is 1. The lowest BCUT2D eigenvalue weighted by atomic mass is 9.99. The molecule has 0 atom stereocenters. The Morgan fingerprint density at radius 1 is 1.19 bits per heavy atom. The van der Waals surface area contributed by atoms with Crippen LogP contribution in [0.15, 0.2) is 61.2 Å². The Labute approximate surface area is 189 Å². The third-order valence-electron chi connectivity index (χ3n) is 5.00. The Hall–Kier alpha value is -3.62. The zero-order valence-corrected chi connectivity index (χ0v) is 18.1. The zero-order valence-electron chi connectivity index (χ0n) is 17.3. The quantitative estimate of drug-likeness (QED) is 0.371. The van der Waals surface area contributed by atoms with E-state index >= 15 is 0 Å². The first-order valence-corrected chi connectivity index (χ1v) is 10.3. The first-order chi connectivity index (χ1) is 15.5. The molecule has 7 nitrogen and oxygen atoms in total. The minimum Gasteiger partial charge on any atom is -0.404 e. The molecule has 0 bridgehead atoms. The maximum Gasteiger partial charge on any atom is 0.132 e. The number of nitrogens with one attached hydrogen (secondary N) is 2. The number of nitrogens with zero attached hydrogens (tertiary/aromatic N) is 4. The van der Waals surface area contributed by atoms with E-state index in [1.54, 1.807) is 24.5 Å². The molecule has 1 aromatic carbocycles. The van der Waals surface area contributed by atoms with E-state index in [-0.39, 0.29) is 11.3 Å². The van der Waals surface area contributed by atoms with E-state index in [0.717, 1.165) is 24.2 Å². The Morgan fingerprint density at radius 3 is 2.81 bits per heavy atom. The van der Waals surface area contributed by atoms with Crippen LogP contribution in [-0.2, 0) is 6.54 Å². The number of allylic oxidation sites excluding steroid dienone is 1. The number of benzene rings is 1. The zero-order chi connectivity index (χ0) is 22.7. The van der Waals surface area contributed by atoms with Gasteiger partial charge < -0.3 is 11.1 Å². The van der Waals surface area contributed by atoms with Crippen LogP contribution in [0, 0.1) is 11.2 Å². The van der Waals surface area contributed by atoms with E-state index in [1.165, 1.54) is 24.4 Å². The molecule has 3 aromatic heterocycles. The van der Waals surface area contributed by atoms with Gasteiger partial charge in [0, 0.05) is 52.4 Å². The third-order valence-corrected chi connectivity index (χ3v) is 5.24. The lowest BCUT2D eigenvalue weighted by Gasteiger charge is -2.11. The second-order valence-electron chi connectivity index (χ2n) is 7.13. The molecule has 4 aromatic rings. The molecule has 32 heavy (non-hydrogen) atoms. The normalized spacial score (nSPS) is 11.8. The van der Waals surface area contributed by atoms with Crippen molar-refractivity contribution in [1.29, 1.82) is 5.41 Å². The van der Waals surface area contributed by atoms with Crippen LogP contribution in [0.25, 0.3) is 27.7 Å². The van der Waals surface area contributed by atoms with Crippen molar-refractivity contribution in [3.05, 3.63) is 83.3 Å². The van der Waals surface area contributed by atoms with Crippen molar-refractivity contribution in [2.45, 2.75) is 6.54 Å². The molecule has 0 unspecified atom stereocenters. The molecule has 0 aliphatic carbocycles. The smallest absolute Gasteiger partial charge is 0.132 e. The Kier molecular flexibility index (Phi) is 6.25. The predicted octanol–water partition coefficient (Wildman–Crippen LogP) is 3.87. The van der Waals surface area contributed by atoms with Crippen LogP contribution in [0.1, 0.15) is 11.3 Å². The van der Waals surface area contributed by atoms with Crippen LogP contribution in [-0.4, -0.2) is 39.1 Å². The van der Waals surface area contributed by atoms with Gasteiger partial charge in [-0.05, 0) is 43.4 Å². The molecule has 0 radical (unpaired) electrons. The Morgan fingerprint density at radius 2 is 2.03 bits per heavy atom. The highest BCUT2D eigenvalue weighted by molar-refractivity contribution is 6.33. The number of halogens is 2. The fourth-order valence-electron chi connectivity index (χ4n) is 3.31. The summed E-state index contributed by atoms with van der Waals surface area (Å²) in [4.78, 5) is 9.13. The van der Waals surface area contributed by atoms with Gasteiger partial charge in [-0.15, -0.1) is 0 Å². The van der Waals surface area contributed by atoms with Crippen LogP contribution in [0.5, 0.6) is 0 Å². The van der Waals surface area contributed by atoms with Crippen LogP contribution in [0.4, 0.5) is 4.39 Å². The summed E-state index contributed by atoms with van der Waals surface area (Å²) in [5.41, 5.74) is 9.60. The average molecular weight is 450 g/mol. The lowest BCUT2D eigenvalue weighted by Crippen LogP contribution is -2.14. The first kappa shape index (κ1) is 21.6. The molecule has 3 heterocycles. The first-order valence-electron chi connectivity index (χ1n) is 9.91. The monoisotopic (exact) mass is 449 g/mol. The molecule has 0 aliphatic heterocycles. The van der Waals surface area contributed by atoms with Crippen molar-refractivity contribution in [3.63, 3.8) is 0 Å². The number of rotatable bonds is 7. The van der Waals surface area contributed by atoms with Crippen LogP contribution < -0.4 is 11.1 Å². The molecule has 9 heteroatoms. The highest BCUT2D eigenvalue weighted by atomic mass is 35.5. The molecule has 4 N–H and O–H groups in total. The topological polar surface area (TPSA) is 106 Å². The summed E-state index contributed by atoms with van der Waals surface area (Å²) in [5.74, 6) is -0.557. The molecule has 0 saturated heterocycles. The van der Waals surface area contributed by atoms with Gasteiger partial charge in [0.05, 0.1) is 35.2 Å². The highest BCUT2D eigenvalue weighted by Crippen LogP contribution is 2.26. The van der Waals surface area contributed by atoms with Crippen LogP contribution in [0.2, 0.25) is 5.02 Å². The standard InChI is InChI=1S/C23H21ClFN7/c1-28-6-7-32-13-15(12-30-32)14-8-22-21(29-11-14)5-4-20(31-22)18(10-26)23(27)17-9-16(24)2-3-19(17)25/h2-5,8-13,27-28H,6-7,26H2,1H3/b18-10-,27-23?. The largest absolute Gasteiger partial charge is 0.404 e. The summed E-state index contributed by atoms with van der Waals surface area (Å²) < 4.78 is 16.2. The van der Waals surface area contributed by atoms with Gasteiger partial charge in [-0.3, -0.25) is 15.1 Å². The SMILES string of the molecule is CNCCn1cc(-c2cnc3ccc(/C(=C/N)C(=N)c4cc(Cl)ccc4F)nc3c2)cn1. The van der Waals surface area contributed by atoms with Gasteiger partial charge in [0.25, 0.3) is 0 Å². The summed E-state index contributed by atoms with van der Waals surface area (Å²) in [6, 6.07) is 9.46. The van der Waals surface area contributed by atoms with Gasteiger partial charge in [-0.1, -0.05) is 11.6 Å². The average Bonchev–Trinajstić information content (AvgIpc) is 3.28. The number of hydrogen-bond acceptors (Lipinski definition) is 6. The van der Waals surface area contributed by atoms with Gasteiger partial charge in [-0.25, -0.2) is 9.37 Å². The molecule has 4 rings (SSSR count). The van der Waals surface area contributed by atoms with E-state index in [4.69, 9.17) is 22.7 Å². The van der Waals surface area contributed by atoms with Crippen molar-refractivity contribution < 1.29 is 4.39 Å². The van der Waals surface area contributed by atoms with Gasteiger partial charge in [-0.2, -0.15) is 5.10 Å². The van der Waals surface area contributed by atoms with Gasteiger partial charge in [0.1, 0.15) is 5.82 Å². The molecule has 0 fully saturated rings. The van der Waals surface area contributed by atoms with Gasteiger partial charge >= 0.3 is 0 Å². The minimum atomic E-state index is -0.557. The van der Waals surface area contributed by atoms with Crippen molar-refractivity contribution in [2.24, 2.45) is 5.73 Å². The fourth-order valence-corrected chi connectivity index (χ4v) is 3.48. The summed E-state index contributed by atoms with van der Waals surface area (Å²) in [6.07, 6.45) is 6.75. The molecule has 162 valence electrons.